The molecule has 0 saturated carbocycles. The summed E-state index contributed by atoms with van der Waals surface area (Å²) >= 11 is 0. The minimum Gasteiger partial charge on any atom is -0.439 e. The van der Waals surface area contributed by atoms with E-state index < -0.39 is 17.6 Å². The van der Waals surface area contributed by atoms with Crippen LogP contribution in [-0.4, -0.2) is 10.9 Å². The highest BCUT2D eigenvalue weighted by molar-refractivity contribution is 5.92. The van der Waals surface area contributed by atoms with Gasteiger partial charge in [-0.3, -0.25) is 4.79 Å². The van der Waals surface area contributed by atoms with Gasteiger partial charge in [0, 0.05) is 30.9 Å². The molecule has 2 aromatic carbocycles. The van der Waals surface area contributed by atoms with Crippen LogP contribution in [0.15, 0.2) is 66.9 Å². The number of benzene rings is 2. The minimum atomic E-state index is -4.35. The fraction of sp³-hybridized carbons (Fsp3) is 0.143. The van der Waals surface area contributed by atoms with Crippen molar-refractivity contribution in [2.24, 2.45) is 5.73 Å². The number of alkyl halides is 3. The van der Waals surface area contributed by atoms with Gasteiger partial charge in [0.05, 0.1) is 5.56 Å². The molecule has 1 heterocycles. The molecular formula is C21H18F3N3O2. The van der Waals surface area contributed by atoms with Gasteiger partial charge in [0.15, 0.2) is 0 Å². The molecule has 0 saturated heterocycles. The summed E-state index contributed by atoms with van der Waals surface area (Å²) in [6, 6.07) is 15.1. The van der Waals surface area contributed by atoms with E-state index >= 15 is 0 Å². The van der Waals surface area contributed by atoms with Crippen molar-refractivity contribution in [1.82, 2.24) is 10.3 Å². The van der Waals surface area contributed by atoms with E-state index in [-0.39, 0.29) is 0 Å². The van der Waals surface area contributed by atoms with Crippen molar-refractivity contribution >= 4 is 5.91 Å². The number of nitrogens with two attached hydrogens (primary N) is 1. The highest BCUT2D eigenvalue weighted by Gasteiger charge is 2.30. The SMILES string of the molecule is NC(=O)c1ccc(Oc2ccc(CNCc3cccc(C(F)(F)F)c3)cn2)cc1. The Kier molecular flexibility index (Phi) is 6.13. The maximum Gasteiger partial charge on any atom is 0.416 e. The number of nitrogens with one attached hydrogen (secondary N) is 1. The number of aromatic nitrogens is 1. The number of amides is 1. The predicted octanol–water partition coefficient (Wildman–Crippen LogP) is 4.28. The van der Waals surface area contributed by atoms with Gasteiger partial charge in [0.25, 0.3) is 0 Å². The Balaban J connectivity index is 1.52. The van der Waals surface area contributed by atoms with Gasteiger partial charge in [0.1, 0.15) is 5.75 Å². The topological polar surface area (TPSA) is 77.2 Å². The molecule has 0 spiro atoms. The zero-order valence-electron chi connectivity index (χ0n) is 15.2. The molecule has 0 radical (unpaired) electrons. The van der Waals surface area contributed by atoms with E-state index in [1.165, 1.54) is 6.07 Å². The summed E-state index contributed by atoms with van der Waals surface area (Å²) in [4.78, 5) is 15.3. The second-order valence-electron chi connectivity index (χ2n) is 6.30. The Labute approximate surface area is 165 Å². The van der Waals surface area contributed by atoms with Crippen LogP contribution in [0.3, 0.4) is 0 Å². The molecule has 3 aromatic rings. The molecule has 8 heteroatoms. The molecule has 0 fully saturated rings. The first-order valence-corrected chi connectivity index (χ1v) is 8.71. The fourth-order valence-electron chi connectivity index (χ4n) is 2.59. The number of pyridine rings is 1. The van der Waals surface area contributed by atoms with Crippen molar-refractivity contribution in [3.8, 4) is 11.6 Å². The smallest absolute Gasteiger partial charge is 0.416 e. The Morgan fingerprint density at radius 2 is 1.72 bits per heavy atom. The van der Waals surface area contributed by atoms with E-state index in [2.05, 4.69) is 10.3 Å². The van der Waals surface area contributed by atoms with E-state index in [1.54, 1.807) is 48.7 Å². The molecule has 0 unspecified atom stereocenters. The monoisotopic (exact) mass is 401 g/mol. The molecule has 1 amide bonds. The van der Waals surface area contributed by atoms with Crippen LogP contribution in [-0.2, 0) is 19.3 Å². The number of carbonyl (C=O) groups excluding carboxylic acids is 1. The number of halogens is 3. The fourth-order valence-corrected chi connectivity index (χ4v) is 2.59. The lowest BCUT2D eigenvalue weighted by Gasteiger charge is -2.10. The van der Waals surface area contributed by atoms with Gasteiger partial charge in [0.2, 0.25) is 11.8 Å². The number of carbonyl (C=O) groups is 1. The van der Waals surface area contributed by atoms with Gasteiger partial charge in [-0.15, -0.1) is 0 Å². The maximum atomic E-state index is 12.7. The van der Waals surface area contributed by atoms with Gasteiger partial charge in [-0.1, -0.05) is 24.3 Å². The average Bonchev–Trinajstić information content (AvgIpc) is 2.69. The van der Waals surface area contributed by atoms with Gasteiger partial charge < -0.3 is 15.8 Å². The highest BCUT2D eigenvalue weighted by atomic mass is 19.4. The third-order valence-corrected chi connectivity index (χ3v) is 4.07. The van der Waals surface area contributed by atoms with Gasteiger partial charge in [-0.2, -0.15) is 13.2 Å². The first-order chi connectivity index (χ1) is 13.8. The van der Waals surface area contributed by atoms with Gasteiger partial charge >= 0.3 is 6.18 Å². The molecule has 29 heavy (non-hydrogen) atoms. The summed E-state index contributed by atoms with van der Waals surface area (Å²) in [6.45, 7) is 0.741. The van der Waals surface area contributed by atoms with Crippen LogP contribution in [0.2, 0.25) is 0 Å². The lowest BCUT2D eigenvalue weighted by molar-refractivity contribution is -0.137. The molecule has 3 rings (SSSR count). The Morgan fingerprint density at radius 1 is 1.00 bits per heavy atom. The van der Waals surface area contributed by atoms with Crippen LogP contribution in [0.5, 0.6) is 11.6 Å². The molecule has 1 aromatic heterocycles. The average molecular weight is 401 g/mol. The van der Waals surface area contributed by atoms with Gasteiger partial charge in [-0.25, -0.2) is 4.98 Å². The van der Waals surface area contributed by atoms with Crippen molar-refractivity contribution in [2.45, 2.75) is 19.3 Å². The molecule has 3 N–H and O–H groups in total. The Hall–Kier alpha value is -3.39. The number of ether oxygens (including phenoxy) is 1. The molecular weight excluding hydrogens is 383 g/mol. The summed E-state index contributed by atoms with van der Waals surface area (Å²) in [6.07, 6.45) is -2.73. The maximum absolute atomic E-state index is 12.7. The second-order valence-corrected chi connectivity index (χ2v) is 6.30. The van der Waals surface area contributed by atoms with Crippen molar-refractivity contribution in [2.75, 3.05) is 0 Å². The molecule has 0 atom stereocenters. The van der Waals surface area contributed by atoms with Crippen LogP contribution in [0.4, 0.5) is 13.2 Å². The summed E-state index contributed by atoms with van der Waals surface area (Å²) in [5.74, 6) is 0.369. The number of primary amides is 1. The molecule has 0 aliphatic heterocycles. The molecule has 0 aliphatic carbocycles. The zero-order valence-corrected chi connectivity index (χ0v) is 15.2. The summed E-state index contributed by atoms with van der Waals surface area (Å²) in [5, 5.41) is 3.09. The van der Waals surface area contributed by atoms with Gasteiger partial charge in [-0.05, 0) is 41.5 Å². The number of hydrogen-bond donors (Lipinski definition) is 2. The second kappa shape index (κ2) is 8.74. The van der Waals surface area contributed by atoms with E-state index in [0.717, 1.165) is 17.7 Å². The predicted molar refractivity (Wildman–Crippen MR) is 101 cm³/mol. The lowest BCUT2D eigenvalue weighted by atomic mass is 10.1. The Morgan fingerprint density at radius 3 is 2.34 bits per heavy atom. The normalized spacial score (nSPS) is 11.3. The van der Waals surface area contributed by atoms with Crippen molar-refractivity contribution in [3.05, 3.63) is 89.1 Å². The lowest BCUT2D eigenvalue weighted by Crippen LogP contribution is -2.14. The van der Waals surface area contributed by atoms with Crippen LogP contribution in [0, 0.1) is 0 Å². The van der Waals surface area contributed by atoms with E-state index in [9.17, 15) is 18.0 Å². The first-order valence-electron chi connectivity index (χ1n) is 8.71. The minimum absolute atomic E-state index is 0.300. The van der Waals surface area contributed by atoms with Crippen molar-refractivity contribution in [1.29, 1.82) is 0 Å². The standard InChI is InChI=1S/C21H18F3N3O2/c22-21(23,24)17-3-1-2-14(10-17)11-26-12-15-4-9-19(27-13-15)29-18-7-5-16(6-8-18)20(25)28/h1-10,13,26H,11-12H2,(H2,25,28). The van der Waals surface area contributed by atoms with E-state index in [1.807, 2.05) is 0 Å². The molecule has 150 valence electrons. The quantitative estimate of drug-likeness (QED) is 0.620. The highest BCUT2D eigenvalue weighted by Crippen LogP contribution is 2.29. The summed E-state index contributed by atoms with van der Waals surface area (Å²) < 4.78 is 43.8. The third-order valence-electron chi connectivity index (χ3n) is 4.07. The molecule has 5 nitrogen and oxygen atoms in total. The van der Waals surface area contributed by atoms with E-state index in [0.29, 0.717) is 35.8 Å². The van der Waals surface area contributed by atoms with Crippen LogP contribution >= 0.6 is 0 Å². The number of hydrogen-bond acceptors (Lipinski definition) is 4. The largest absolute Gasteiger partial charge is 0.439 e. The number of rotatable bonds is 7. The summed E-state index contributed by atoms with van der Waals surface area (Å²) in [5.41, 5.74) is 6.31. The zero-order chi connectivity index (χ0) is 20.9. The molecule has 0 aliphatic rings. The first kappa shape index (κ1) is 20.3. The van der Waals surface area contributed by atoms with Crippen LogP contribution in [0.25, 0.3) is 0 Å². The summed E-state index contributed by atoms with van der Waals surface area (Å²) in [7, 11) is 0. The van der Waals surface area contributed by atoms with Crippen LogP contribution < -0.4 is 15.8 Å². The van der Waals surface area contributed by atoms with E-state index in [4.69, 9.17) is 10.5 Å². The van der Waals surface area contributed by atoms with Crippen LogP contribution in [0.1, 0.15) is 27.0 Å². The van der Waals surface area contributed by atoms with Crippen molar-refractivity contribution in [3.63, 3.8) is 0 Å². The Bertz CT molecular complexity index is 972. The molecule has 0 bridgehead atoms. The van der Waals surface area contributed by atoms with Crippen molar-refractivity contribution < 1.29 is 22.7 Å². The number of nitrogens with zero attached hydrogens (tertiary/aromatic N) is 1. The third kappa shape index (κ3) is 5.79.